The molecular formula is C18H16F3NO2. The lowest BCUT2D eigenvalue weighted by atomic mass is 9.94. The molecule has 1 aliphatic carbocycles. The van der Waals surface area contributed by atoms with Crippen molar-refractivity contribution in [2.24, 2.45) is 0 Å². The molecule has 0 saturated heterocycles. The summed E-state index contributed by atoms with van der Waals surface area (Å²) in [6, 6.07) is 11.8. The normalized spacial score (nSPS) is 15.7. The SMILES string of the molecule is COc1ccc(C2(C(=O)Nc3cccc(C(F)(F)F)c3)CC2)cc1. The molecule has 0 spiro atoms. The first kappa shape index (κ1) is 16.4. The summed E-state index contributed by atoms with van der Waals surface area (Å²) in [6.45, 7) is 0. The van der Waals surface area contributed by atoms with E-state index in [0.717, 1.165) is 17.7 Å². The summed E-state index contributed by atoms with van der Waals surface area (Å²) in [6.07, 6.45) is -3.10. The average Bonchev–Trinajstić information content (AvgIpc) is 3.36. The third kappa shape index (κ3) is 3.09. The molecule has 0 radical (unpaired) electrons. The smallest absolute Gasteiger partial charge is 0.416 e. The number of nitrogens with one attached hydrogen (secondary N) is 1. The van der Waals surface area contributed by atoms with Crippen LogP contribution < -0.4 is 10.1 Å². The number of amides is 1. The van der Waals surface area contributed by atoms with E-state index in [1.54, 1.807) is 19.2 Å². The van der Waals surface area contributed by atoms with Crippen LogP contribution in [0, 0.1) is 0 Å². The lowest BCUT2D eigenvalue weighted by Crippen LogP contribution is -2.27. The molecule has 24 heavy (non-hydrogen) atoms. The highest BCUT2D eigenvalue weighted by Gasteiger charge is 2.51. The van der Waals surface area contributed by atoms with Crippen molar-refractivity contribution >= 4 is 11.6 Å². The molecule has 0 aliphatic heterocycles. The number of halogens is 3. The minimum atomic E-state index is -4.44. The molecule has 3 rings (SSSR count). The molecule has 1 amide bonds. The monoisotopic (exact) mass is 335 g/mol. The van der Waals surface area contributed by atoms with Crippen LogP contribution in [0.5, 0.6) is 5.75 Å². The second-order valence-corrected chi connectivity index (χ2v) is 5.84. The van der Waals surface area contributed by atoms with Crippen molar-refractivity contribution in [1.82, 2.24) is 0 Å². The van der Waals surface area contributed by atoms with Crippen molar-refractivity contribution in [3.8, 4) is 5.75 Å². The van der Waals surface area contributed by atoms with Gasteiger partial charge in [0.15, 0.2) is 0 Å². The molecule has 0 bridgehead atoms. The zero-order chi connectivity index (χ0) is 17.4. The van der Waals surface area contributed by atoms with E-state index in [0.29, 0.717) is 18.6 Å². The first-order valence-electron chi connectivity index (χ1n) is 7.48. The van der Waals surface area contributed by atoms with Gasteiger partial charge in [-0.1, -0.05) is 18.2 Å². The van der Waals surface area contributed by atoms with Gasteiger partial charge in [0.05, 0.1) is 18.1 Å². The molecule has 126 valence electrons. The highest BCUT2D eigenvalue weighted by molar-refractivity contribution is 6.01. The number of alkyl halides is 3. The maximum absolute atomic E-state index is 12.8. The molecule has 1 saturated carbocycles. The van der Waals surface area contributed by atoms with Gasteiger partial charge in [0.25, 0.3) is 0 Å². The molecule has 1 N–H and O–H groups in total. The molecule has 0 aromatic heterocycles. The highest BCUT2D eigenvalue weighted by atomic mass is 19.4. The number of carbonyl (C=O) groups excluding carboxylic acids is 1. The summed E-state index contributed by atoms with van der Waals surface area (Å²) in [5.41, 5.74) is -0.461. The van der Waals surface area contributed by atoms with Gasteiger partial charge in [-0.15, -0.1) is 0 Å². The van der Waals surface area contributed by atoms with Gasteiger partial charge in [-0.25, -0.2) is 0 Å². The largest absolute Gasteiger partial charge is 0.497 e. The summed E-state index contributed by atoms with van der Waals surface area (Å²) in [7, 11) is 1.56. The molecule has 3 nitrogen and oxygen atoms in total. The molecule has 0 heterocycles. The van der Waals surface area contributed by atoms with Crippen LogP contribution in [0.1, 0.15) is 24.0 Å². The molecule has 6 heteroatoms. The lowest BCUT2D eigenvalue weighted by molar-refractivity contribution is -0.137. The van der Waals surface area contributed by atoms with Gasteiger partial charge >= 0.3 is 6.18 Å². The third-order valence-electron chi connectivity index (χ3n) is 4.28. The van der Waals surface area contributed by atoms with Gasteiger partial charge in [-0.3, -0.25) is 4.79 Å². The Morgan fingerprint density at radius 1 is 1.12 bits per heavy atom. The van der Waals surface area contributed by atoms with Crippen LogP contribution in [-0.2, 0) is 16.4 Å². The van der Waals surface area contributed by atoms with Gasteiger partial charge in [0, 0.05) is 5.69 Å². The number of rotatable bonds is 4. The zero-order valence-electron chi connectivity index (χ0n) is 13.0. The zero-order valence-corrected chi connectivity index (χ0v) is 13.0. The van der Waals surface area contributed by atoms with Crippen LogP contribution in [0.25, 0.3) is 0 Å². The van der Waals surface area contributed by atoms with Gasteiger partial charge in [0.2, 0.25) is 5.91 Å². The van der Waals surface area contributed by atoms with Crippen molar-refractivity contribution < 1.29 is 22.7 Å². The Kier molecular flexibility index (Phi) is 3.99. The predicted molar refractivity (Wildman–Crippen MR) is 84.0 cm³/mol. The van der Waals surface area contributed by atoms with E-state index in [-0.39, 0.29) is 11.6 Å². The van der Waals surface area contributed by atoms with E-state index in [1.165, 1.54) is 12.1 Å². The fourth-order valence-corrected chi connectivity index (χ4v) is 2.71. The van der Waals surface area contributed by atoms with E-state index < -0.39 is 17.2 Å². The molecular weight excluding hydrogens is 319 g/mol. The standard InChI is InChI=1S/C18H16F3NO2/c1-24-15-7-5-12(6-8-15)17(9-10-17)16(23)22-14-4-2-3-13(11-14)18(19,20)21/h2-8,11H,9-10H2,1H3,(H,22,23). The molecule has 1 fully saturated rings. The van der Waals surface area contributed by atoms with E-state index in [2.05, 4.69) is 5.32 Å². The van der Waals surface area contributed by atoms with Gasteiger partial charge in [-0.05, 0) is 48.7 Å². The number of benzene rings is 2. The van der Waals surface area contributed by atoms with Crippen molar-refractivity contribution in [3.63, 3.8) is 0 Å². The molecule has 2 aromatic rings. The van der Waals surface area contributed by atoms with E-state index in [9.17, 15) is 18.0 Å². The van der Waals surface area contributed by atoms with Crippen molar-refractivity contribution in [2.45, 2.75) is 24.4 Å². The topological polar surface area (TPSA) is 38.3 Å². The maximum Gasteiger partial charge on any atom is 0.416 e. The average molecular weight is 335 g/mol. The fraction of sp³-hybridized carbons (Fsp3) is 0.278. The number of ether oxygens (including phenoxy) is 1. The predicted octanol–water partition coefficient (Wildman–Crippen LogP) is 4.38. The van der Waals surface area contributed by atoms with Crippen molar-refractivity contribution in [3.05, 3.63) is 59.7 Å². The minimum Gasteiger partial charge on any atom is -0.497 e. The lowest BCUT2D eigenvalue weighted by Gasteiger charge is -2.17. The quantitative estimate of drug-likeness (QED) is 0.900. The Labute approximate surface area is 137 Å². The molecule has 0 atom stereocenters. The van der Waals surface area contributed by atoms with Gasteiger partial charge < -0.3 is 10.1 Å². The highest BCUT2D eigenvalue weighted by Crippen LogP contribution is 2.49. The first-order valence-corrected chi connectivity index (χ1v) is 7.48. The summed E-state index contributed by atoms with van der Waals surface area (Å²) < 4.78 is 43.4. The van der Waals surface area contributed by atoms with Crippen molar-refractivity contribution in [2.75, 3.05) is 12.4 Å². The summed E-state index contributed by atoms with van der Waals surface area (Å²) in [5, 5.41) is 2.61. The Balaban J connectivity index is 1.79. The van der Waals surface area contributed by atoms with E-state index in [4.69, 9.17) is 4.74 Å². The second-order valence-electron chi connectivity index (χ2n) is 5.84. The third-order valence-corrected chi connectivity index (χ3v) is 4.28. The van der Waals surface area contributed by atoms with Crippen molar-refractivity contribution in [1.29, 1.82) is 0 Å². The Bertz CT molecular complexity index is 750. The number of carbonyl (C=O) groups is 1. The maximum atomic E-state index is 12.8. The number of methoxy groups -OCH3 is 1. The van der Waals surface area contributed by atoms with E-state index in [1.807, 2.05) is 12.1 Å². The van der Waals surface area contributed by atoms with Gasteiger partial charge in [0.1, 0.15) is 5.75 Å². The Morgan fingerprint density at radius 2 is 1.79 bits per heavy atom. The van der Waals surface area contributed by atoms with Crippen LogP contribution in [0.2, 0.25) is 0 Å². The Morgan fingerprint density at radius 3 is 2.33 bits per heavy atom. The number of hydrogen-bond donors (Lipinski definition) is 1. The summed E-state index contributed by atoms with van der Waals surface area (Å²) >= 11 is 0. The molecule has 2 aromatic carbocycles. The van der Waals surface area contributed by atoms with Crippen LogP contribution in [-0.4, -0.2) is 13.0 Å². The number of hydrogen-bond acceptors (Lipinski definition) is 2. The minimum absolute atomic E-state index is 0.148. The summed E-state index contributed by atoms with van der Waals surface area (Å²) in [5.74, 6) is 0.403. The summed E-state index contributed by atoms with van der Waals surface area (Å²) in [4.78, 5) is 12.6. The molecule has 0 unspecified atom stereocenters. The molecule has 1 aliphatic rings. The van der Waals surface area contributed by atoms with Gasteiger partial charge in [-0.2, -0.15) is 13.2 Å². The first-order chi connectivity index (χ1) is 11.3. The van der Waals surface area contributed by atoms with Crippen LogP contribution in [0.15, 0.2) is 48.5 Å². The van der Waals surface area contributed by atoms with Crippen LogP contribution >= 0.6 is 0 Å². The fourth-order valence-electron chi connectivity index (χ4n) is 2.71. The number of anilines is 1. The second kappa shape index (κ2) is 5.85. The van der Waals surface area contributed by atoms with Crippen LogP contribution in [0.4, 0.5) is 18.9 Å². The van der Waals surface area contributed by atoms with E-state index >= 15 is 0 Å². The van der Waals surface area contributed by atoms with Crippen LogP contribution in [0.3, 0.4) is 0 Å². The Hall–Kier alpha value is -2.50.